The molecule has 0 radical (unpaired) electrons. The highest BCUT2D eigenvalue weighted by atomic mass is 16.2. The Hall–Kier alpha value is -1.06. The fraction of sp³-hybridized carbons (Fsp3) is 0.926. The molecule has 2 N–H and O–H groups in total. The molecule has 0 aromatic heterocycles. The van der Waals surface area contributed by atoms with Gasteiger partial charge in [-0.3, -0.25) is 9.59 Å². The molecule has 0 saturated heterocycles. The first kappa shape index (κ1) is 29.9. The van der Waals surface area contributed by atoms with E-state index in [2.05, 4.69) is 24.5 Å². The Morgan fingerprint density at radius 1 is 0.484 bits per heavy atom. The van der Waals surface area contributed by atoms with Crippen molar-refractivity contribution in [1.29, 1.82) is 0 Å². The Morgan fingerprint density at radius 3 is 1.06 bits per heavy atom. The van der Waals surface area contributed by atoms with Gasteiger partial charge in [-0.05, 0) is 19.3 Å². The van der Waals surface area contributed by atoms with E-state index >= 15 is 0 Å². The highest BCUT2D eigenvalue weighted by Gasteiger charge is 2.12. The van der Waals surface area contributed by atoms with Crippen molar-refractivity contribution in [2.75, 3.05) is 0 Å². The van der Waals surface area contributed by atoms with Gasteiger partial charge >= 0.3 is 0 Å². The van der Waals surface area contributed by atoms with Crippen LogP contribution in [0.25, 0.3) is 0 Å². The van der Waals surface area contributed by atoms with Crippen molar-refractivity contribution in [2.24, 2.45) is 0 Å². The first-order valence-corrected chi connectivity index (χ1v) is 13.7. The molecule has 0 aliphatic heterocycles. The largest absolute Gasteiger partial charge is 0.336 e. The number of rotatable bonds is 23. The number of unbranched alkanes of at least 4 members (excludes halogenated alkanes) is 16. The first-order chi connectivity index (χ1) is 15.1. The maximum Gasteiger partial charge on any atom is 0.221 e. The van der Waals surface area contributed by atoms with Crippen molar-refractivity contribution in [2.45, 2.75) is 162 Å². The highest BCUT2D eigenvalue weighted by molar-refractivity contribution is 5.79. The minimum atomic E-state index is -0.225. The van der Waals surface area contributed by atoms with Gasteiger partial charge in [-0.25, -0.2) is 0 Å². The van der Waals surface area contributed by atoms with Crippen molar-refractivity contribution in [1.82, 2.24) is 10.6 Å². The van der Waals surface area contributed by atoms with Gasteiger partial charge in [0.2, 0.25) is 11.8 Å². The van der Waals surface area contributed by atoms with E-state index in [1.807, 2.05) is 6.92 Å². The fourth-order valence-electron chi connectivity index (χ4n) is 3.97. The summed E-state index contributed by atoms with van der Waals surface area (Å²) >= 11 is 0. The maximum absolute atomic E-state index is 12.2. The van der Waals surface area contributed by atoms with Crippen LogP contribution in [-0.2, 0) is 9.59 Å². The molecular weight excluding hydrogens is 384 g/mol. The Balaban J connectivity index is 3.64. The Morgan fingerprint density at radius 2 is 0.774 bits per heavy atom. The fourth-order valence-corrected chi connectivity index (χ4v) is 3.97. The lowest BCUT2D eigenvalue weighted by Crippen LogP contribution is -2.47. The van der Waals surface area contributed by atoms with Crippen LogP contribution < -0.4 is 10.6 Å². The third-order valence-electron chi connectivity index (χ3n) is 6.09. The molecule has 0 rings (SSSR count). The zero-order chi connectivity index (χ0) is 23.0. The summed E-state index contributed by atoms with van der Waals surface area (Å²) in [6, 6.07) is 0. The summed E-state index contributed by atoms with van der Waals surface area (Å²) in [4.78, 5) is 24.3. The molecule has 184 valence electrons. The maximum atomic E-state index is 12.2. The lowest BCUT2D eigenvalue weighted by molar-refractivity contribution is -0.124. The predicted octanol–water partition coefficient (Wildman–Crippen LogP) is 7.80. The summed E-state index contributed by atoms with van der Waals surface area (Å²) in [5.74, 6) is 0.135. The normalized spacial score (nSPS) is 11.1. The number of amides is 2. The minimum absolute atomic E-state index is 0.0677. The number of carbonyl (C=O) groups is 2. The van der Waals surface area contributed by atoms with Crippen LogP contribution in [0.4, 0.5) is 0 Å². The van der Waals surface area contributed by atoms with Gasteiger partial charge in [-0.2, -0.15) is 0 Å². The summed E-state index contributed by atoms with van der Waals surface area (Å²) in [7, 11) is 0. The number of carbonyl (C=O) groups excluding carboxylic acids is 2. The molecule has 2 amide bonds. The highest BCUT2D eigenvalue weighted by Crippen LogP contribution is 2.11. The smallest absolute Gasteiger partial charge is 0.221 e. The van der Waals surface area contributed by atoms with Crippen LogP contribution in [0.1, 0.15) is 156 Å². The van der Waals surface area contributed by atoms with E-state index in [9.17, 15) is 9.59 Å². The van der Waals surface area contributed by atoms with Gasteiger partial charge in [0.05, 0.1) is 0 Å². The Kier molecular flexibility index (Phi) is 22.8. The molecule has 0 atom stereocenters. The van der Waals surface area contributed by atoms with E-state index in [0.29, 0.717) is 12.8 Å². The average Bonchev–Trinajstić information content (AvgIpc) is 2.76. The lowest BCUT2D eigenvalue weighted by Gasteiger charge is -2.18. The van der Waals surface area contributed by atoms with Crippen molar-refractivity contribution in [3.05, 3.63) is 0 Å². The van der Waals surface area contributed by atoms with Gasteiger partial charge in [-0.1, -0.05) is 124 Å². The van der Waals surface area contributed by atoms with Crippen molar-refractivity contribution < 1.29 is 9.59 Å². The van der Waals surface area contributed by atoms with Crippen LogP contribution in [0.15, 0.2) is 0 Å². The van der Waals surface area contributed by atoms with Gasteiger partial charge in [0, 0.05) is 12.8 Å². The zero-order valence-corrected chi connectivity index (χ0v) is 21.2. The average molecular weight is 439 g/mol. The molecule has 0 aliphatic carbocycles. The summed E-state index contributed by atoms with van der Waals surface area (Å²) in [6.45, 7) is 6.50. The molecule has 0 spiro atoms. The predicted molar refractivity (Wildman–Crippen MR) is 134 cm³/mol. The van der Waals surface area contributed by atoms with Crippen molar-refractivity contribution >= 4 is 11.8 Å². The monoisotopic (exact) mass is 438 g/mol. The van der Waals surface area contributed by atoms with Crippen LogP contribution in [0.5, 0.6) is 0 Å². The third kappa shape index (κ3) is 21.9. The van der Waals surface area contributed by atoms with Gasteiger partial charge < -0.3 is 10.6 Å². The minimum Gasteiger partial charge on any atom is -0.336 e. The van der Waals surface area contributed by atoms with Crippen molar-refractivity contribution in [3.63, 3.8) is 0 Å². The summed E-state index contributed by atoms with van der Waals surface area (Å²) in [5, 5.41) is 5.97. The number of hydrogen-bond donors (Lipinski definition) is 2. The topological polar surface area (TPSA) is 58.2 Å². The van der Waals surface area contributed by atoms with Crippen LogP contribution in [0.3, 0.4) is 0 Å². The Labute approximate surface area is 194 Å². The SMILES string of the molecule is CCCCCCCCCCCC(=O)NC(CC)NC(=O)CCCCCCCCCCC. The van der Waals surface area contributed by atoms with Crippen LogP contribution >= 0.6 is 0 Å². The second kappa shape index (κ2) is 23.6. The van der Waals surface area contributed by atoms with Crippen molar-refractivity contribution in [3.8, 4) is 0 Å². The Bertz CT molecular complexity index is 376. The number of hydrogen-bond acceptors (Lipinski definition) is 2. The second-order valence-electron chi connectivity index (χ2n) is 9.25. The summed E-state index contributed by atoms with van der Waals surface area (Å²) < 4.78 is 0. The molecule has 0 heterocycles. The summed E-state index contributed by atoms with van der Waals surface area (Å²) in [6.07, 6.45) is 24.2. The quantitative estimate of drug-likeness (QED) is 0.126. The molecule has 0 saturated carbocycles. The molecule has 0 bridgehead atoms. The van der Waals surface area contributed by atoms with E-state index in [0.717, 1.165) is 32.1 Å². The van der Waals surface area contributed by atoms with E-state index in [1.165, 1.54) is 89.9 Å². The van der Waals surface area contributed by atoms with Gasteiger partial charge in [0.25, 0.3) is 0 Å². The van der Waals surface area contributed by atoms with E-state index in [1.54, 1.807) is 0 Å². The summed E-state index contributed by atoms with van der Waals surface area (Å²) in [5.41, 5.74) is 0. The molecular formula is C27H54N2O2. The molecule has 0 aromatic rings. The molecule has 0 aliphatic rings. The van der Waals surface area contributed by atoms with E-state index in [-0.39, 0.29) is 18.0 Å². The molecule has 0 unspecified atom stereocenters. The van der Waals surface area contributed by atoms with Crippen LogP contribution in [0.2, 0.25) is 0 Å². The van der Waals surface area contributed by atoms with Crippen LogP contribution in [0, 0.1) is 0 Å². The lowest BCUT2D eigenvalue weighted by atomic mass is 10.1. The molecule has 31 heavy (non-hydrogen) atoms. The van der Waals surface area contributed by atoms with Gasteiger partial charge in [0.15, 0.2) is 0 Å². The standard InChI is InChI=1S/C27H54N2O2/c1-4-7-9-11-13-15-17-19-21-23-26(30)28-25(6-3)29-27(31)24-22-20-18-16-14-12-10-8-5-2/h25H,4-24H2,1-3H3,(H,28,30)(H,29,31). The van der Waals surface area contributed by atoms with E-state index in [4.69, 9.17) is 0 Å². The van der Waals surface area contributed by atoms with Crippen LogP contribution in [-0.4, -0.2) is 18.0 Å². The van der Waals surface area contributed by atoms with Gasteiger partial charge in [-0.15, -0.1) is 0 Å². The molecule has 0 aromatic carbocycles. The third-order valence-corrected chi connectivity index (χ3v) is 6.09. The van der Waals surface area contributed by atoms with Gasteiger partial charge in [0.1, 0.15) is 6.17 Å². The van der Waals surface area contributed by atoms with E-state index < -0.39 is 0 Å². The molecule has 0 fully saturated rings. The molecule has 4 nitrogen and oxygen atoms in total. The zero-order valence-electron chi connectivity index (χ0n) is 21.2. The second-order valence-corrected chi connectivity index (χ2v) is 9.25. The first-order valence-electron chi connectivity index (χ1n) is 13.7. The number of nitrogens with one attached hydrogen (secondary N) is 2. The molecule has 4 heteroatoms.